The number of fused-ring (bicyclic) bond motifs is 2. The van der Waals surface area contributed by atoms with E-state index in [0.717, 1.165) is 11.1 Å². The first-order chi connectivity index (χ1) is 21.7. The monoisotopic (exact) mass is 613 g/mol. The topological polar surface area (TPSA) is 125 Å². The first-order valence-electron chi connectivity index (χ1n) is 15.5. The van der Waals surface area contributed by atoms with Crippen molar-refractivity contribution in [3.63, 3.8) is 0 Å². The van der Waals surface area contributed by atoms with E-state index in [2.05, 4.69) is 5.32 Å². The number of amides is 3. The summed E-state index contributed by atoms with van der Waals surface area (Å²) in [5, 5.41) is 13.6. The molecule has 2 aromatic rings. The summed E-state index contributed by atoms with van der Waals surface area (Å²) in [4.78, 5) is 59.1. The Morgan fingerprint density at radius 2 is 1.73 bits per heavy atom. The molecular formula is C35H39N3O7. The number of nitrogens with zero attached hydrogens (tertiary/aromatic N) is 2. The predicted octanol–water partition coefficient (Wildman–Crippen LogP) is 2.92. The van der Waals surface area contributed by atoms with E-state index in [0.29, 0.717) is 17.7 Å². The SMILES string of the molecule is Cc1cccc(C)c1N1C/C=C\CCC(=O)NC[C@@H](C)OC(=O)[C@@H]2[C@@H]3C=C[C@]4(O3)[C@H](C1=O)N([C@H](CO)c1ccccc1)C(=O)[C@@H]24. The molecule has 236 valence electrons. The molecule has 0 saturated carbocycles. The zero-order chi connectivity index (χ0) is 31.9. The van der Waals surface area contributed by atoms with E-state index in [-0.39, 0.29) is 25.4 Å². The Bertz CT molecular complexity index is 1540. The van der Waals surface area contributed by atoms with Crippen LogP contribution in [0, 0.1) is 25.7 Å². The van der Waals surface area contributed by atoms with Crippen LogP contribution in [-0.2, 0) is 28.7 Å². The number of likely N-dealkylation sites (tertiary alicyclic amines) is 1. The van der Waals surface area contributed by atoms with E-state index in [9.17, 15) is 19.5 Å². The number of allylic oxidation sites excluding steroid dienone is 1. The fraction of sp³-hybridized carbons (Fsp3) is 0.429. The van der Waals surface area contributed by atoms with Crippen LogP contribution in [0.1, 0.15) is 42.5 Å². The second kappa shape index (κ2) is 12.3. The molecule has 2 saturated heterocycles. The number of nitrogens with one attached hydrogen (secondary N) is 1. The Morgan fingerprint density at radius 1 is 1.00 bits per heavy atom. The molecule has 0 aliphatic carbocycles. The van der Waals surface area contributed by atoms with Gasteiger partial charge in [-0.2, -0.15) is 0 Å². The maximum atomic E-state index is 15.1. The van der Waals surface area contributed by atoms with E-state index >= 15 is 4.79 Å². The summed E-state index contributed by atoms with van der Waals surface area (Å²) in [6.45, 7) is 5.40. The van der Waals surface area contributed by atoms with Gasteiger partial charge in [0, 0.05) is 18.7 Å². The number of aliphatic hydroxyl groups is 1. The lowest BCUT2D eigenvalue weighted by atomic mass is 9.74. The van der Waals surface area contributed by atoms with E-state index < -0.39 is 66.1 Å². The number of aryl methyl sites for hydroxylation is 2. The zero-order valence-corrected chi connectivity index (χ0v) is 25.7. The molecular weight excluding hydrogens is 574 g/mol. The van der Waals surface area contributed by atoms with Crippen molar-refractivity contribution in [1.29, 1.82) is 0 Å². The van der Waals surface area contributed by atoms with Crippen molar-refractivity contribution in [2.45, 2.75) is 63.5 Å². The molecule has 6 rings (SSSR count). The smallest absolute Gasteiger partial charge is 0.313 e. The summed E-state index contributed by atoms with van der Waals surface area (Å²) in [6, 6.07) is 12.8. The number of carbonyl (C=O) groups excluding carboxylic acids is 4. The Morgan fingerprint density at radius 3 is 2.44 bits per heavy atom. The van der Waals surface area contributed by atoms with Crippen molar-refractivity contribution in [3.05, 3.63) is 89.5 Å². The van der Waals surface area contributed by atoms with Gasteiger partial charge in [0.15, 0.2) is 0 Å². The third-order valence-electron chi connectivity index (χ3n) is 9.38. The highest BCUT2D eigenvalue weighted by Gasteiger charge is 2.74. The van der Waals surface area contributed by atoms with Gasteiger partial charge in [0.2, 0.25) is 11.8 Å². The predicted molar refractivity (Wildman–Crippen MR) is 166 cm³/mol. The average Bonchev–Trinajstić information content (AvgIpc) is 3.67. The molecule has 2 aromatic carbocycles. The van der Waals surface area contributed by atoms with Gasteiger partial charge in [-0.3, -0.25) is 19.2 Å². The second-order valence-corrected chi connectivity index (χ2v) is 12.3. The van der Waals surface area contributed by atoms with Crippen LogP contribution >= 0.6 is 0 Å². The van der Waals surface area contributed by atoms with Crippen molar-refractivity contribution >= 4 is 29.4 Å². The van der Waals surface area contributed by atoms with Gasteiger partial charge in [-0.1, -0.05) is 72.8 Å². The molecule has 2 N–H and O–H groups in total. The highest BCUT2D eigenvalue weighted by molar-refractivity contribution is 6.06. The van der Waals surface area contributed by atoms with Crippen LogP contribution in [0.3, 0.4) is 0 Å². The van der Waals surface area contributed by atoms with Crippen molar-refractivity contribution < 1.29 is 33.8 Å². The number of rotatable bonds is 4. The summed E-state index contributed by atoms with van der Waals surface area (Å²) in [7, 11) is 0. The van der Waals surface area contributed by atoms with Crippen LogP contribution in [0.4, 0.5) is 5.69 Å². The van der Waals surface area contributed by atoms with Gasteiger partial charge >= 0.3 is 5.97 Å². The lowest BCUT2D eigenvalue weighted by Crippen LogP contribution is -2.57. The Balaban J connectivity index is 1.52. The van der Waals surface area contributed by atoms with Gasteiger partial charge in [-0.25, -0.2) is 0 Å². The van der Waals surface area contributed by atoms with Gasteiger partial charge in [0.05, 0.1) is 31.2 Å². The maximum absolute atomic E-state index is 15.1. The van der Waals surface area contributed by atoms with E-state index in [1.807, 2.05) is 74.5 Å². The summed E-state index contributed by atoms with van der Waals surface area (Å²) in [6.07, 6.45) is 6.48. The number of cyclic esters (lactones) is 1. The number of carbonyl (C=O) groups is 4. The zero-order valence-electron chi connectivity index (χ0n) is 25.7. The Kier molecular flexibility index (Phi) is 8.37. The lowest BCUT2D eigenvalue weighted by molar-refractivity contribution is -0.159. The fourth-order valence-corrected chi connectivity index (χ4v) is 7.37. The largest absolute Gasteiger partial charge is 0.460 e. The number of benzene rings is 2. The molecule has 7 atom stereocenters. The first kappa shape index (κ1) is 30.7. The van der Waals surface area contributed by atoms with E-state index in [1.54, 1.807) is 24.0 Å². The van der Waals surface area contributed by atoms with Gasteiger partial charge in [-0.15, -0.1) is 0 Å². The maximum Gasteiger partial charge on any atom is 0.313 e. The van der Waals surface area contributed by atoms with Crippen molar-refractivity contribution in [2.75, 3.05) is 24.6 Å². The molecule has 0 unspecified atom stereocenters. The summed E-state index contributed by atoms with van der Waals surface area (Å²) < 4.78 is 12.3. The van der Waals surface area contributed by atoms with Gasteiger partial charge in [0.25, 0.3) is 5.91 Å². The van der Waals surface area contributed by atoms with Crippen molar-refractivity contribution in [1.82, 2.24) is 10.2 Å². The number of aliphatic hydroxyl groups excluding tert-OH is 1. The molecule has 0 radical (unpaired) electrons. The van der Waals surface area contributed by atoms with Crippen LogP contribution < -0.4 is 10.2 Å². The number of hydrogen-bond donors (Lipinski definition) is 2. The fourth-order valence-electron chi connectivity index (χ4n) is 7.37. The Hall–Kier alpha value is -4.28. The van der Waals surface area contributed by atoms with Crippen LogP contribution in [0.2, 0.25) is 0 Å². The minimum atomic E-state index is -1.45. The minimum absolute atomic E-state index is 0.125. The third-order valence-corrected chi connectivity index (χ3v) is 9.38. The summed E-state index contributed by atoms with van der Waals surface area (Å²) in [5.74, 6) is -3.70. The third kappa shape index (κ3) is 5.25. The van der Waals surface area contributed by atoms with Crippen LogP contribution in [0.25, 0.3) is 0 Å². The second-order valence-electron chi connectivity index (χ2n) is 12.3. The summed E-state index contributed by atoms with van der Waals surface area (Å²) >= 11 is 0. The lowest BCUT2D eigenvalue weighted by Gasteiger charge is -2.39. The van der Waals surface area contributed by atoms with Crippen LogP contribution in [-0.4, -0.2) is 77.2 Å². The molecule has 1 spiro atoms. The van der Waals surface area contributed by atoms with Gasteiger partial charge < -0.3 is 29.7 Å². The standard InChI is InChI=1S/C35H39N3O7/c1-21-11-10-12-22(2)30(21)37-18-9-5-8-15-27(40)36-19-23(3)44-34(43)28-26-16-17-35(45-26)29(28)32(41)38(31(35)33(37)42)25(20-39)24-13-6-4-7-14-24/h4-7,9-14,16-17,23,25-26,28-29,31,39H,8,15,18-20H2,1-3H3,(H,36,40)/b9-5-/t23-,25-,26+,28-,29-,31+,35-/m1/s1. The van der Waals surface area contributed by atoms with Gasteiger partial charge in [0.1, 0.15) is 23.7 Å². The molecule has 4 aliphatic rings. The molecule has 10 heteroatoms. The Labute approximate surface area is 262 Å². The summed E-state index contributed by atoms with van der Waals surface area (Å²) in [5.41, 5.74) is 1.66. The molecule has 3 amide bonds. The molecule has 2 fully saturated rings. The molecule has 0 aromatic heterocycles. The molecule has 5 bridgehead atoms. The molecule has 4 aliphatic heterocycles. The number of anilines is 1. The minimum Gasteiger partial charge on any atom is -0.460 e. The number of hydrogen-bond acceptors (Lipinski definition) is 7. The number of ether oxygens (including phenoxy) is 2. The normalized spacial score (nSPS) is 31.5. The van der Waals surface area contributed by atoms with Gasteiger partial charge in [-0.05, 0) is 43.9 Å². The average molecular weight is 614 g/mol. The van der Waals surface area contributed by atoms with Crippen LogP contribution in [0.5, 0.6) is 0 Å². The molecule has 4 heterocycles. The number of para-hydroxylation sites is 1. The highest BCUT2D eigenvalue weighted by atomic mass is 16.6. The number of esters is 1. The van der Waals surface area contributed by atoms with E-state index in [4.69, 9.17) is 9.47 Å². The molecule has 45 heavy (non-hydrogen) atoms. The van der Waals surface area contributed by atoms with Crippen LogP contribution in [0.15, 0.2) is 72.8 Å². The van der Waals surface area contributed by atoms with Crippen molar-refractivity contribution in [2.24, 2.45) is 11.8 Å². The van der Waals surface area contributed by atoms with E-state index in [1.165, 1.54) is 4.90 Å². The quantitative estimate of drug-likeness (QED) is 0.401. The molecule has 10 nitrogen and oxygen atoms in total. The first-order valence-corrected chi connectivity index (χ1v) is 15.5. The van der Waals surface area contributed by atoms with Crippen molar-refractivity contribution in [3.8, 4) is 0 Å². The highest BCUT2D eigenvalue weighted by Crippen LogP contribution is 2.57.